The highest BCUT2D eigenvalue weighted by molar-refractivity contribution is 6.42. The fraction of sp³-hybridized carbons (Fsp3) is 0.368. The Morgan fingerprint density at radius 3 is 2.60 bits per heavy atom. The first-order chi connectivity index (χ1) is 14.2. The Balaban J connectivity index is 1.62. The number of fused-ring (bicyclic) bond motifs is 3. The van der Waals surface area contributed by atoms with Gasteiger partial charge in [-0.3, -0.25) is 14.5 Å². The predicted octanol–water partition coefficient (Wildman–Crippen LogP) is 2.10. The van der Waals surface area contributed by atoms with E-state index in [4.69, 9.17) is 27.9 Å². The van der Waals surface area contributed by atoms with E-state index in [1.165, 1.54) is 16.9 Å². The summed E-state index contributed by atoms with van der Waals surface area (Å²) in [6.07, 6.45) is 1.07. The first-order valence-electron chi connectivity index (χ1n) is 9.14. The van der Waals surface area contributed by atoms with Crippen molar-refractivity contribution in [3.05, 3.63) is 45.7 Å². The number of guanidine groups is 1. The molecule has 11 heteroatoms. The molecule has 2 unspecified atom stereocenters. The number of imide groups is 1. The van der Waals surface area contributed by atoms with Crippen LogP contribution in [0.1, 0.15) is 12.5 Å². The summed E-state index contributed by atoms with van der Waals surface area (Å²) < 4.78 is 4.75. The van der Waals surface area contributed by atoms with Crippen molar-refractivity contribution in [1.29, 1.82) is 0 Å². The van der Waals surface area contributed by atoms with Crippen molar-refractivity contribution >= 4 is 47.1 Å². The molecule has 1 fully saturated rings. The molecule has 3 aliphatic heterocycles. The highest BCUT2D eigenvalue weighted by atomic mass is 35.5. The van der Waals surface area contributed by atoms with Gasteiger partial charge in [0.15, 0.2) is 12.2 Å². The van der Waals surface area contributed by atoms with Crippen LogP contribution in [0.15, 0.2) is 35.1 Å². The number of benzene rings is 1. The van der Waals surface area contributed by atoms with E-state index in [0.29, 0.717) is 21.6 Å². The van der Waals surface area contributed by atoms with E-state index in [0.717, 1.165) is 5.70 Å². The zero-order valence-electron chi connectivity index (χ0n) is 16.5. The first-order valence-corrected chi connectivity index (χ1v) is 9.89. The molecular weight excluding hydrogens is 433 g/mol. The molecule has 0 aromatic heterocycles. The van der Waals surface area contributed by atoms with Gasteiger partial charge < -0.3 is 19.4 Å². The Hall–Kier alpha value is -2.78. The van der Waals surface area contributed by atoms with Crippen molar-refractivity contribution in [2.24, 2.45) is 4.99 Å². The number of carbonyl (C=O) groups is 3. The molecular formula is C19H19Cl2N5O4. The first kappa shape index (κ1) is 20.5. The lowest BCUT2D eigenvalue weighted by atomic mass is 10.1. The number of esters is 1. The lowest BCUT2D eigenvalue weighted by Gasteiger charge is -2.40. The molecule has 0 N–H and O–H groups in total. The van der Waals surface area contributed by atoms with E-state index in [-0.39, 0.29) is 19.0 Å². The SMILES string of the molecule is COC(=O)CN1C(C)=CN2C1=NC1C2C(=O)N(Cc2ccc(Cl)c(Cl)c2)C(=O)N1C. The number of nitrogens with zero attached hydrogens (tertiary/aromatic N) is 5. The van der Waals surface area contributed by atoms with Crippen LogP contribution in [0.4, 0.5) is 4.79 Å². The van der Waals surface area contributed by atoms with Gasteiger partial charge in [0.05, 0.1) is 23.7 Å². The largest absolute Gasteiger partial charge is 0.468 e. The van der Waals surface area contributed by atoms with Crippen LogP contribution in [-0.4, -0.2) is 76.4 Å². The van der Waals surface area contributed by atoms with Crippen molar-refractivity contribution in [3.63, 3.8) is 0 Å². The van der Waals surface area contributed by atoms with Crippen molar-refractivity contribution < 1.29 is 19.1 Å². The van der Waals surface area contributed by atoms with E-state index >= 15 is 0 Å². The Morgan fingerprint density at radius 2 is 1.93 bits per heavy atom. The highest BCUT2D eigenvalue weighted by Gasteiger charge is 2.54. The molecule has 0 aliphatic carbocycles. The smallest absolute Gasteiger partial charge is 0.328 e. The van der Waals surface area contributed by atoms with Gasteiger partial charge in [0.25, 0.3) is 5.91 Å². The van der Waals surface area contributed by atoms with Crippen LogP contribution in [0.2, 0.25) is 10.0 Å². The molecule has 1 aromatic carbocycles. The molecule has 9 nitrogen and oxygen atoms in total. The third-order valence-electron chi connectivity index (χ3n) is 5.34. The second-order valence-electron chi connectivity index (χ2n) is 7.19. The minimum atomic E-state index is -0.719. The number of urea groups is 1. The van der Waals surface area contributed by atoms with Crippen LogP contribution in [0, 0.1) is 0 Å². The van der Waals surface area contributed by atoms with E-state index in [9.17, 15) is 14.4 Å². The number of methoxy groups -OCH3 is 1. The zero-order valence-corrected chi connectivity index (χ0v) is 18.0. The molecule has 2 atom stereocenters. The molecule has 1 saturated heterocycles. The number of allylic oxidation sites excluding steroid dienone is 1. The highest BCUT2D eigenvalue weighted by Crippen LogP contribution is 2.34. The van der Waals surface area contributed by atoms with E-state index in [2.05, 4.69) is 4.99 Å². The van der Waals surface area contributed by atoms with Crippen LogP contribution in [0.3, 0.4) is 0 Å². The molecule has 1 aromatic rings. The Morgan fingerprint density at radius 1 is 1.20 bits per heavy atom. The van der Waals surface area contributed by atoms with Gasteiger partial charge in [-0.15, -0.1) is 0 Å². The maximum absolute atomic E-state index is 13.3. The van der Waals surface area contributed by atoms with Gasteiger partial charge in [0.2, 0.25) is 5.96 Å². The van der Waals surface area contributed by atoms with Gasteiger partial charge in [-0.25, -0.2) is 9.79 Å². The molecule has 0 spiro atoms. The zero-order chi connectivity index (χ0) is 21.7. The van der Waals surface area contributed by atoms with Crippen molar-refractivity contribution in [3.8, 4) is 0 Å². The number of ether oxygens (including phenoxy) is 1. The molecule has 0 saturated carbocycles. The lowest BCUT2D eigenvalue weighted by Crippen LogP contribution is -2.63. The van der Waals surface area contributed by atoms with Gasteiger partial charge in [0.1, 0.15) is 6.54 Å². The van der Waals surface area contributed by atoms with Crippen LogP contribution >= 0.6 is 23.2 Å². The van der Waals surface area contributed by atoms with E-state index < -0.39 is 24.2 Å². The Kier molecular flexibility index (Phi) is 5.11. The third-order valence-corrected chi connectivity index (χ3v) is 6.08. The summed E-state index contributed by atoms with van der Waals surface area (Å²) in [6, 6.07) is 3.79. The Labute approximate surface area is 183 Å². The lowest BCUT2D eigenvalue weighted by molar-refractivity contribution is -0.140. The second-order valence-corrected chi connectivity index (χ2v) is 8.01. The number of halogens is 2. The average Bonchev–Trinajstić information content (AvgIpc) is 3.22. The quantitative estimate of drug-likeness (QED) is 0.651. The normalized spacial score (nSPS) is 22.8. The fourth-order valence-electron chi connectivity index (χ4n) is 3.76. The molecule has 0 bridgehead atoms. The maximum atomic E-state index is 13.3. The minimum absolute atomic E-state index is 0.0353. The summed E-state index contributed by atoms with van der Waals surface area (Å²) in [5.41, 5.74) is 1.43. The number of rotatable bonds is 4. The number of hydrogen-bond donors (Lipinski definition) is 0. The molecule has 3 amide bonds. The van der Waals surface area contributed by atoms with Crippen LogP contribution in [-0.2, 0) is 20.9 Å². The number of carbonyl (C=O) groups excluding carboxylic acids is 3. The predicted molar refractivity (Wildman–Crippen MR) is 110 cm³/mol. The van der Waals surface area contributed by atoms with Crippen molar-refractivity contribution in [2.75, 3.05) is 20.7 Å². The minimum Gasteiger partial charge on any atom is -0.468 e. The van der Waals surface area contributed by atoms with Gasteiger partial charge in [0, 0.05) is 18.9 Å². The number of likely N-dealkylation sites (N-methyl/N-ethyl adjacent to an activating group) is 1. The van der Waals surface area contributed by atoms with Gasteiger partial charge in [-0.05, 0) is 24.6 Å². The summed E-state index contributed by atoms with van der Waals surface area (Å²) in [4.78, 5) is 48.5. The van der Waals surface area contributed by atoms with Crippen LogP contribution in [0.5, 0.6) is 0 Å². The summed E-state index contributed by atoms with van der Waals surface area (Å²) in [5, 5.41) is 0.742. The fourth-order valence-corrected chi connectivity index (χ4v) is 4.08. The molecule has 0 radical (unpaired) electrons. The monoisotopic (exact) mass is 451 g/mol. The second kappa shape index (κ2) is 7.48. The van der Waals surface area contributed by atoms with Crippen LogP contribution in [0.25, 0.3) is 0 Å². The standard InChI is InChI=1S/C19H19Cl2N5O4/c1-10-7-25-15-16(22-18(25)24(10)9-14(27)30-3)23(2)19(29)26(17(15)28)8-11-4-5-12(20)13(21)6-11/h4-7,15-16H,8-9H2,1-3H3. The molecule has 4 rings (SSSR count). The maximum Gasteiger partial charge on any atom is 0.328 e. The molecule has 3 aliphatic rings. The molecule has 30 heavy (non-hydrogen) atoms. The average molecular weight is 452 g/mol. The van der Waals surface area contributed by atoms with Crippen LogP contribution < -0.4 is 0 Å². The summed E-state index contributed by atoms with van der Waals surface area (Å²) in [7, 11) is 2.91. The Bertz CT molecular complexity index is 1010. The summed E-state index contributed by atoms with van der Waals surface area (Å²) >= 11 is 12.0. The molecule has 3 heterocycles. The summed E-state index contributed by atoms with van der Waals surface area (Å²) in [5.74, 6) is -0.367. The van der Waals surface area contributed by atoms with E-state index in [1.807, 2.05) is 6.92 Å². The van der Waals surface area contributed by atoms with Gasteiger partial charge in [-0.1, -0.05) is 29.3 Å². The topological polar surface area (TPSA) is 85.8 Å². The van der Waals surface area contributed by atoms with E-state index in [1.54, 1.807) is 41.2 Å². The summed E-state index contributed by atoms with van der Waals surface area (Å²) in [6.45, 7) is 1.83. The molecule has 158 valence electrons. The number of amides is 3. The number of aliphatic imine (C=N–C) groups is 1. The van der Waals surface area contributed by atoms with Gasteiger partial charge in [-0.2, -0.15) is 0 Å². The van der Waals surface area contributed by atoms with Crippen molar-refractivity contribution in [1.82, 2.24) is 19.6 Å². The third kappa shape index (κ3) is 3.18. The van der Waals surface area contributed by atoms with Gasteiger partial charge >= 0.3 is 12.0 Å². The van der Waals surface area contributed by atoms with Crippen molar-refractivity contribution in [2.45, 2.75) is 25.7 Å². The number of hydrogen-bond acceptors (Lipinski definition) is 7.